The maximum Gasteiger partial charge on any atom is 0.243 e. The zero-order valence-corrected chi connectivity index (χ0v) is 11.1. The van der Waals surface area contributed by atoms with E-state index in [4.69, 9.17) is 5.26 Å². The van der Waals surface area contributed by atoms with Crippen molar-refractivity contribution in [2.75, 3.05) is 0 Å². The van der Waals surface area contributed by atoms with Gasteiger partial charge in [0.15, 0.2) is 5.69 Å². The molecule has 2 rings (SSSR count). The van der Waals surface area contributed by atoms with Crippen LogP contribution in [0.15, 0.2) is 23.2 Å². The lowest BCUT2D eigenvalue weighted by atomic mass is 9.93. The molecule has 1 aromatic rings. The summed E-state index contributed by atoms with van der Waals surface area (Å²) in [7, 11) is -3.83. The van der Waals surface area contributed by atoms with Gasteiger partial charge in [0.25, 0.3) is 0 Å². The smallest absolute Gasteiger partial charge is 0.243 e. The summed E-state index contributed by atoms with van der Waals surface area (Å²) in [4.78, 5) is 3.59. The monoisotopic (exact) mass is 281 g/mol. The van der Waals surface area contributed by atoms with Crippen molar-refractivity contribution in [3.05, 3.63) is 24.0 Å². The van der Waals surface area contributed by atoms with Gasteiger partial charge in [0.05, 0.1) is 6.10 Å². The number of aromatic nitrogens is 1. The fourth-order valence-corrected chi connectivity index (χ4v) is 3.61. The van der Waals surface area contributed by atoms with Crippen LogP contribution < -0.4 is 4.72 Å². The topological polar surface area (TPSA) is 103 Å². The molecule has 0 aliphatic heterocycles. The van der Waals surface area contributed by atoms with E-state index in [0.717, 1.165) is 12.8 Å². The van der Waals surface area contributed by atoms with Crippen molar-refractivity contribution in [3.8, 4) is 6.07 Å². The highest BCUT2D eigenvalue weighted by atomic mass is 32.2. The van der Waals surface area contributed by atoms with E-state index < -0.39 is 22.2 Å². The van der Waals surface area contributed by atoms with E-state index in [0.29, 0.717) is 12.8 Å². The second-order valence-electron chi connectivity index (χ2n) is 4.54. The van der Waals surface area contributed by atoms with Crippen LogP contribution in [0.4, 0.5) is 0 Å². The summed E-state index contributed by atoms with van der Waals surface area (Å²) < 4.78 is 26.9. The van der Waals surface area contributed by atoms with Crippen molar-refractivity contribution in [3.63, 3.8) is 0 Å². The van der Waals surface area contributed by atoms with Crippen molar-refractivity contribution >= 4 is 10.0 Å². The Hall–Kier alpha value is -1.49. The third-order valence-electron chi connectivity index (χ3n) is 3.20. The molecule has 102 valence electrons. The molecular weight excluding hydrogens is 266 g/mol. The van der Waals surface area contributed by atoms with Crippen molar-refractivity contribution in [2.24, 2.45) is 0 Å². The molecule has 1 aromatic heterocycles. The molecular formula is C12H15N3O3S. The average Bonchev–Trinajstić information content (AvgIpc) is 2.41. The van der Waals surface area contributed by atoms with E-state index in [1.54, 1.807) is 6.07 Å². The fraction of sp³-hybridized carbons (Fsp3) is 0.500. The SMILES string of the molecule is N#Cc1ncccc1S(=O)(=O)NC1CCCCC1O. The lowest BCUT2D eigenvalue weighted by Gasteiger charge is -2.28. The first-order valence-corrected chi connectivity index (χ1v) is 7.58. The molecule has 0 aromatic carbocycles. The molecule has 0 saturated heterocycles. The Morgan fingerprint density at radius 2 is 2.16 bits per heavy atom. The Labute approximate surface area is 112 Å². The molecule has 1 aliphatic rings. The van der Waals surface area contributed by atoms with Gasteiger partial charge >= 0.3 is 0 Å². The molecule has 1 fully saturated rings. The first kappa shape index (κ1) is 13.9. The molecule has 2 unspecified atom stereocenters. The lowest BCUT2D eigenvalue weighted by molar-refractivity contribution is 0.101. The summed E-state index contributed by atoms with van der Waals surface area (Å²) in [5.41, 5.74) is -0.139. The van der Waals surface area contributed by atoms with E-state index in [9.17, 15) is 13.5 Å². The predicted molar refractivity (Wildman–Crippen MR) is 67.5 cm³/mol. The summed E-state index contributed by atoms with van der Waals surface area (Å²) in [6.45, 7) is 0. The van der Waals surface area contributed by atoms with Crippen LogP contribution in [0, 0.1) is 11.3 Å². The second kappa shape index (κ2) is 5.65. The van der Waals surface area contributed by atoms with Crippen LogP contribution in [0.2, 0.25) is 0 Å². The summed E-state index contributed by atoms with van der Waals surface area (Å²) in [5, 5.41) is 18.7. The van der Waals surface area contributed by atoms with Gasteiger partial charge in [-0.25, -0.2) is 18.1 Å². The highest BCUT2D eigenvalue weighted by Crippen LogP contribution is 2.21. The molecule has 1 aliphatic carbocycles. The van der Waals surface area contributed by atoms with Gasteiger partial charge in [-0.15, -0.1) is 0 Å². The minimum atomic E-state index is -3.83. The summed E-state index contributed by atoms with van der Waals surface area (Å²) in [6, 6.07) is 4.06. The molecule has 2 atom stereocenters. The maximum absolute atomic E-state index is 12.2. The number of aliphatic hydroxyl groups is 1. The molecule has 19 heavy (non-hydrogen) atoms. The first-order chi connectivity index (χ1) is 9.04. The molecule has 1 saturated carbocycles. The molecule has 0 amide bonds. The predicted octanol–water partition coefficient (Wildman–Crippen LogP) is 0.535. The van der Waals surface area contributed by atoms with Crippen molar-refractivity contribution in [1.82, 2.24) is 9.71 Å². The molecule has 1 heterocycles. The minimum Gasteiger partial charge on any atom is -0.391 e. The molecule has 0 radical (unpaired) electrons. The fourth-order valence-electron chi connectivity index (χ4n) is 2.20. The van der Waals surface area contributed by atoms with Crippen LogP contribution in [-0.2, 0) is 10.0 Å². The number of rotatable bonds is 3. The van der Waals surface area contributed by atoms with Gasteiger partial charge in [-0.1, -0.05) is 12.8 Å². The van der Waals surface area contributed by atoms with Crippen LogP contribution in [0.5, 0.6) is 0 Å². The zero-order chi connectivity index (χ0) is 13.9. The van der Waals surface area contributed by atoms with Gasteiger partial charge in [-0.2, -0.15) is 5.26 Å². The number of pyridine rings is 1. The van der Waals surface area contributed by atoms with Crippen molar-refractivity contribution in [1.29, 1.82) is 5.26 Å². The number of nitrogens with one attached hydrogen (secondary N) is 1. The average molecular weight is 281 g/mol. The first-order valence-electron chi connectivity index (χ1n) is 6.10. The molecule has 7 heteroatoms. The summed E-state index contributed by atoms with van der Waals surface area (Å²) in [5.74, 6) is 0. The molecule has 6 nitrogen and oxygen atoms in total. The van der Waals surface area contributed by atoms with E-state index in [1.165, 1.54) is 18.3 Å². The van der Waals surface area contributed by atoms with Gasteiger partial charge in [0.1, 0.15) is 11.0 Å². The van der Waals surface area contributed by atoms with E-state index >= 15 is 0 Å². The number of nitriles is 1. The highest BCUT2D eigenvalue weighted by Gasteiger charge is 2.29. The van der Waals surface area contributed by atoms with Crippen LogP contribution in [0.3, 0.4) is 0 Å². The van der Waals surface area contributed by atoms with Crippen molar-refractivity contribution < 1.29 is 13.5 Å². The third kappa shape index (κ3) is 3.10. The Morgan fingerprint density at radius 1 is 1.42 bits per heavy atom. The second-order valence-corrected chi connectivity index (χ2v) is 6.22. The maximum atomic E-state index is 12.2. The Bertz CT molecular complexity index is 594. The number of aliphatic hydroxyl groups excluding tert-OH is 1. The quantitative estimate of drug-likeness (QED) is 0.841. The van der Waals surface area contributed by atoms with Crippen LogP contribution in [0.25, 0.3) is 0 Å². The Balaban J connectivity index is 2.25. The van der Waals surface area contributed by atoms with Gasteiger partial charge < -0.3 is 5.11 Å². The van der Waals surface area contributed by atoms with E-state index in [-0.39, 0.29) is 10.6 Å². The van der Waals surface area contributed by atoms with E-state index in [2.05, 4.69) is 9.71 Å². The standard InChI is InChI=1S/C12H15N3O3S/c13-8-10-12(6-3-7-14-10)19(17,18)15-9-4-1-2-5-11(9)16/h3,6-7,9,11,15-16H,1-2,4-5H2. The van der Waals surface area contributed by atoms with Crippen molar-refractivity contribution in [2.45, 2.75) is 42.7 Å². The number of hydrogen-bond acceptors (Lipinski definition) is 5. The number of hydrogen-bond donors (Lipinski definition) is 2. The third-order valence-corrected chi connectivity index (χ3v) is 4.72. The van der Waals surface area contributed by atoms with Crippen LogP contribution >= 0.6 is 0 Å². The van der Waals surface area contributed by atoms with E-state index in [1.807, 2.05) is 0 Å². The zero-order valence-electron chi connectivity index (χ0n) is 10.3. The van der Waals surface area contributed by atoms with Gasteiger partial charge in [-0.05, 0) is 25.0 Å². The summed E-state index contributed by atoms with van der Waals surface area (Å²) >= 11 is 0. The number of nitrogens with zero attached hydrogens (tertiary/aromatic N) is 2. The summed E-state index contributed by atoms with van der Waals surface area (Å²) in [6.07, 6.45) is 3.66. The van der Waals surface area contributed by atoms with Crippen LogP contribution in [0.1, 0.15) is 31.4 Å². The lowest BCUT2D eigenvalue weighted by Crippen LogP contribution is -2.45. The highest BCUT2D eigenvalue weighted by molar-refractivity contribution is 7.89. The molecule has 0 bridgehead atoms. The normalized spacial score (nSPS) is 23.8. The van der Waals surface area contributed by atoms with Gasteiger partial charge in [0.2, 0.25) is 10.0 Å². The largest absolute Gasteiger partial charge is 0.391 e. The van der Waals surface area contributed by atoms with Gasteiger partial charge in [-0.3, -0.25) is 0 Å². The molecule has 2 N–H and O–H groups in total. The Morgan fingerprint density at radius 3 is 2.84 bits per heavy atom. The molecule has 0 spiro atoms. The van der Waals surface area contributed by atoms with Gasteiger partial charge in [0, 0.05) is 12.2 Å². The Kier molecular flexibility index (Phi) is 4.14. The number of sulfonamides is 1. The van der Waals surface area contributed by atoms with Crippen LogP contribution in [-0.4, -0.2) is 30.7 Å². The minimum absolute atomic E-state index is 0.139.